The summed E-state index contributed by atoms with van der Waals surface area (Å²) in [5.74, 6) is -0.0438. The first kappa shape index (κ1) is 20.8. The van der Waals surface area contributed by atoms with E-state index in [-0.39, 0.29) is 23.9 Å². The molecule has 0 unspecified atom stereocenters. The molecular formula is C23H25N5O3S. The zero-order valence-electron chi connectivity index (χ0n) is 17.7. The van der Waals surface area contributed by atoms with Crippen molar-refractivity contribution >= 4 is 33.4 Å². The number of aromatic nitrogens is 2. The van der Waals surface area contributed by atoms with Crippen LogP contribution in [0.4, 0.5) is 0 Å². The predicted molar refractivity (Wildman–Crippen MR) is 124 cm³/mol. The lowest BCUT2D eigenvalue weighted by atomic mass is 10.2. The normalized spacial score (nSPS) is 16.9. The molecule has 1 aromatic carbocycles. The maximum absolute atomic E-state index is 13.0. The van der Waals surface area contributed by atoms with Gasteiger partial charge in [-0.05, 0) is 24.5 Å². The standard InChI is InChI=1S/C23H25N5O3S/c29-20(25-17-6-7-17)13-26-8-10-27(11-9-26)21(30)14-28-15-24-22-18(23(28)31)12-19(32-22)16-4-2-1-3-5-16/h1-5,12,15,17H,6-11,13-14H2,(H,25,29). The van der Waals surface area contributed by atoms with Gasteiger partial charge in [-0.3, -0.25) is 23.9 Å². The van der Waals surface area contributed by atoms with Crippen molar-refractivity contribution in [1.29, 1.82) is 0 Å². The quantitative estimate of drug-likeness (QED) is 0.615. The third kappa shape index (κ3) is 4.58. The molecule has 0 radical (unpaired) electrons. The second-order valence-corrected chi connectivity index (χ2v) is 9.40. The van der Waals surface area contributed by atoms with Crippen molar-refractivity contribution in [1.82, 2.24) is 24.7 Å². The molecule has 3 heterocycles. The summed E-state index contributed by atoms with van der Waals surface area (Å²) in [5.41, 5.74) is 0.846. The van der Waals surface area contributed by atoms with Gasteiger partial charge in [-0.1, -0.05) is 30.3 Å². The lowest BCUT2D eigenvalue weighted by Gasteiger charge is -2.34. The Labute approximate surface area is 189 Å². The highest BCUT2D eigenvalue weighted by Gasteiger charge is 2.26. The Hall–Kier alpha value is -3.04. The number of amides is 2. The molecule has 8 nitrogen and oxygen atoms in total. The summed E-state index contributed by atoms with van der Waals surface area (Å²) in [4.78, 5) is 47.7. The van der Waals surface area contributed by atoms with Gasteiger partial charge in [-0.2, -0.15) is 0 Å². The van der Waals surface area contributed by atoms with Gasteiger partial charge >= 0.3 is 0 Å². The molecule has 1 saturated heterocycles. The van der Waals surface area contributed by atoms with Crippen molar-refractivity contribution in [3.8, 4) is 10.4 Å². The first-order valence-electron chi connectivity index (χ1n) is 10.9. The number of carbonyl (C=O) groups is 2. The van der Waals surface area contributed by atoms with Crippen molar-refractivity contribution in [3.63, 3.8) is 0 Å². The SMILES string of the molecule is O=C(CN1CCN(C(=O)Cn2cnc3sc(-c4ccccc4)cc3c2=O)CC1)NC1CC1. The number of nitrogens with zero attached hydrogens (tertiary/aromatic N) is 4. The van der Waals surface area contributed by atoms with Gasteiger partial charge in [0.2, 0.25) is 11.8 Å². The van der Waals surface area contributed by atoms with Crippen LogP contribution in [0.25, 0.3) is 20.7 Å². The number of thiophene rings is 1. The molecule has 0 spiro atoms. The van der Waals surface area contributed by atoms with Crippen LogP contribution in [0.1, 0.15) is 12.8 Å². The van der Waals surface area contributed by atoms with Crippen LogP contribution in [0.3, 0.4) is 0 Å². The number of carbonyl (C=O) groups excluding carboxylic acids is 2. The first-order chi connectivity index (χ1) is 15.6. The number of fused-ring (bicyclic) bond motifs is 1. The Kier molecular flexibility index (Phi) is 5.75. The molecule has 2 aromatic heterocycles. The van der Waals surface area contributed by atoms with Crippen LogP contribution in [0.15, 0.2) is 47.5 Å². The molecule has 1 aliphatic heterocycles. The zero-order valence-corrected chi connectivity index (χ0v) is 18.5. The molecule has 1 N–H and O–H groups in total. The van der Waals surface area contributed by atoms with Gasteiger partial charge in [0.15, 0.2) is 0 Å². The van der Waals surface area contributed by atoms with Gasteiger partial charge in [-0.25, -0.2) is 4.98 Å². The summed E-state index contributed by atoms with van der Waals surface area (Å²) in [7, 11) is 0. The van der Waals surface area contributed by atoms with Crippen LogP contribution < -0.4 is 10.9 Å². The third-order valence-electron chi connectivity index (χ3n) is 5.92. The highest BCUT2D eigenvalue weighted by Crippen LogP contribution is 2.30. The van der Waals surface area contributed by atoms with E-state index < -0.39 is 0 Å². The molecule has 2 aliphatic rings. The number of hydrogen-bond acceptors (Lipinski definition) is 6. The largest absolute Gasteiger partial charge is 0.352 e. The van der Waals surface area contributed by atoms with Crippen LogP contribution in [-0.4, -0.2) is 69.9 Å². The second kappa shape index (κ2) is 8.84. The second-order valence-electron chi connectivity index (χ2n) is 8.37. The van der Waals surface area contributed by atoms with Crippen molar-refractivity contribution in [2.24, 2.45) is 0 Å². The van der Waals surface area contributed by atoms with Gasteiger partial charge in [0.1, 0.15) is 11.4 Å². The van der Waals surface area contributed by atoms with E-state index in [9.17, 15) is 14.4 Å². The van der Waals surface area contributed by atoms with E-state index in [1.54, 1.807) is 4.90 Å². The summed E-state index contributed by atoms with van der Waals surface area (Å²) in [6, 6.07) is 12.1. The molecule has 5 rings (SSSR count). The van der Waals surface area contributed by atoms with Crippen LogP contribution >= 0.6 is 11.3 Å². The number of hydrogen-bond donors (Lipinski definition) is 1. The highest BCUT2D eigenvalue weighted by molar-refractivity contribution is 7.21. The molecule has 166 valence electrons. The van der Waals surface area contributed by atoms with Gasteiger partial charge in [-0.15, -0.1) is 11.3 Å². The smallest absolute Gasteiger partial charge is 0.262 e. The van der Waals surface area contributed by atoms with Crippen LogP contribution in [0.5, 0.6) is 0 Å². The molecule has 0 bridgehead atoms. The van der Waals surface area contributed by atoms with Crippen LogP contribution in [-0.2, 0) is 16.1 Å². The van der Waals surface area contributed by atoms with E-state index in [0.717, 1.165) is 23.3 Å². The molecule has 9 heteroatoms. The Bertz CT molecular complexity index is 1190. The summed E-state index contributed by atoms with van der Waals surface area (Å²) in [6.45, 7) is 2.76. The fourth-order valence-corrected chi connectivity index (χ4v) is 4.92. The minimum Gasteiger partial charge on any atom is -0.352 e. The van der Waals surface area contributed by atoms with E-state index in [1.165, 1.54) is 22.2 Å². The molecular weight excluding hydrogens is 426 g/mol. The summed E-state index contributed by atoms with van der Waals surface area (Å²) < 4.78 is 1.39. The van der Waals surface area contributed by atoms with Gasteiger partial charge < -0.3 is 10.2 Å². The number of piperazine rings is 1. The van der Waals surface area contributed by atoms with Crippen molar-refractivity contribution < 1.29 is 9.59 Å². The van der Waals surface area contributed by atoms with Gasteiger partial charge in [0, 0.05) is 37.1 Å². The molecule has 3 aromatic rings. The van der Waals surface area contributed by atoms with E-state index >= 15 is 0 Å². The van der Waals surface area contributed by atoms with Crippen LogP contribution in [0, 0.1) is 0 Å². The van der Waals surface area contributed by atoms with E-state index in [0.29, 0.717) is 49.0 Å². The molecule has 32 heavy (non-hydrogen) atoms. The monoisotopic (exact) mass is 451 g/mol. The average Bonchev–Trinajstić information content (AvgIpc) is 3.50. The predicted octanol–water partition coefficient (Wildman–Crippen LogP) is 1.55. The lowest BCUT2D eigenvalue weighted by Crippen LogP contribution is -2.52. The molecule has 2 fully saturated rings. The zero-order chi connectivity index (χ0) is 22.1. The number of benzene rings is 1. The molecule has 0 atom stereocenters. The van der Waals surface area contributed by atoms with Gasteiger partial charge in [0.25, 0.3) is 5.56 Å². The lowest BCUT2D eigenvalue weighted by molar-refractivity contribution is -0.134. The fourth-order valence-electron chi connectivity index (χ4n) is 3.92. The summed E-state index contributed by atoms with van der Waals surface area (Å²) in [5, 5.41) is 3.53. The maximum atomic E-state index is 13.0. The highest BCUT2D eigenvalue weighted by atomic mass is 32.1. The molecule has 1 saturated carbocycles. The fraction of sp³-hybridized carbons (Fsp3) is 0.391. The number of nitrogens with one attached hydrogen (secondary N) is 1. The minimum atomic E-state index is -0.197. The molecule has 2 amide bonds. The van der Waals surface area contributed by atoms with Crippen molar-refractivity contribution in [3.05, 3.63) is 53.1 Å². The van der Waals surface area contributed by atoms with Crippen molar-refractivity contribution in [2.45, 2.75) is 25.4 Å². The average molecular weight is 452 g/mol. The van der Waals surface area contributed by atoms with Crippen molar-refractivity contribution in [2.75, 3.05) is 32.7 Å². The van der Waals surface area contributed by atoms with Crippen LogP contribution in [0.2, 0.25) is 0 Å². The van der Waals surface area contributed by atoms with E-state index in [2.05, 4.69) is 15.2 Å². The maximum Gasteiger partial charge on any atom is 0.262 e. The molecule has 1 aliphatic carbocycles. The minimum absolute atomic E-state index is 0.0273. The topological polar surface area (TPSA) is 87.5 Å². The Morgan fingerprint density at radius 2 is 1.81 bits per heavy atom. The van der Waals surface area contributed by atoms with E-state index in [1.807, 2.05) is 36.4 Å². The van der Waals surface area contributed by atoms with E-state index in [4.69, 9.17) is 0 Å². The Balaban J connectivity index is 1.21. The number of rotatable bonds is 6. The van der Waals surface area contributed by atoms with Gasteiger partial charge in [0.05, 0.1) is 18.3 Å². The third-order valence-corrected chi connectivity index (χ3v) is 7.01. The first-order valence-corrected chi connectivity index (χ1v) is 11.7. The summed E-state index contributed by atoms with van der Waals surface area (Å²) >= 11 is 1.47. The Morgan fingerprint density at radius 1 is 1.06 bits per heavy atom. The summed E-state index contributed by atoms with van der Waals surface area (Å²) in [6.07, 6.45) is 3.62. The Morgan fingerprint density at radius 3 is 2.53 bits per heavy atom.